The maximum Gasteiger partial charge on any atom is 0.328 e. The number of hydrogen-bond acceptors (Lipinski definition) is 2. The van der Waals surface area contributed by atoms with Gasteiger partial charge in [0, 0.05) is 23.6 Å². The highest BCUT2D eigenvalue weighted by atomic mass is 79.9. The first-order chi connectivity index (χ1) is 7.69. The van der Waals surface area contributed by atoms with Crippen molar-refractivity contribution in [2.45, 2.75) is 39.2 Å². The largest absolute Gasteiger partial charge is 0.328 e. The van der Waals surface area contributed by atoms with Crippen molar-refractivity contribution in [3.05, 3.63) is 32.6 Å². The number of unbranched alkanes of at least 4 members (excludes halogenated alkanes) is 1. The summed E-state index contributed by atoms with van der Waals surface area (Å²) in [5.74, 6) is 0. The van der Waals surface area contributed by atoms with Gasteiger partial charge >= 0.3 is 5.69 Å². The van der Waals surface area contributed by atoms with Gasteiger partial charge in [-0.3, -0.25) is 9.78 Å². The Kier molecular flexibility index (Phi) is 5.52. The summed E-state index contributed by atoms with van der Waals surface area (Å²) in [6.45, 7) is 2.72. The third-order valence-corrected chi connectivity index (χ3v) is 2.98. The Balaban J connectivity index is 2.92. The highest BCUT2D eigenvalue weighted by Crippen LogP contribution is 1.98. The molecule has 0 aliphatic carbocycles. The van der Waals surface area contributed by atoms with E-state index in [1.807, 2.05) is 0 Å². The van der Waals surface area contributed by atoms with Crippen LogP contribution in [0.5, 0.6) is 0 Å². The standard InChI is InChI=1S/C11H17BrN2O2/c1-2-3-5-9-8-14(7-4-6-12)11(16)13-10(9)15/h8H,2-7H2,1H3,(H,13,15,16). The lowest BCUT2D eigenvalue weighted by Crippen LogP contribution is -2.31. The lowest BCUT2D eigenvalue weighted by atomic mass is 10.1. The third kappa shape index (κ3) is 3.63. The minimum atomic E-state index is -0.314. The Morgan fingerprint density at radius 3 is 2.75 bits per heavy atom. The Hall–Kier alpha value is -0.840. The topological polar surface area (TPSA) is 54.9 Å². The van der Waals surface area contributed by atoms with Crippen LogP contribution < -0.4 is 11.2 Å². The zero-order valence-electron chi connectivity index (χ0n) is 9.46. The fraction of sp³-hybridized carbons (Fsp3) is 0.636. The second kappa shape index (κ2) is 6.68. The van der Waals surface area contributed by atoms with Crippen molar-refractivity contribution in [2.75, 3.05) is 5.33 Å². The summed E-state index contributed by atoms with van der Waals surface area (Å²) >= 11 is 3.32. The number of nitrogens with one attached hydrogen (secondary N) is 1. The molecule has 1 N–H and O–H groups in total. The van der Waals surface area contributed by atoms with Gasteiger partial charge in [0.25, 0.3) is 5.56 Å². The number of aryl methyl sites for hydroxylation is 2. The van der Waals surface area contributed by atoms with Crippen molar-refractivity contribution >= 4 is 15.9 Å². The molecule has 1 heterocycles. The van der Waals surface area contributed by atoms with Crippen LogP contribution in [0.1, 0.15) is 31.7 Å². The van der Waals surface area contributed by atoms with Crippen molar-refractivity contribution < 1.29 is 0 Å². The van der Waals surface area contributed by atoms with E-state index in [4.69, 9.17) is 0 Å². The average molecular weight is 289 g/mol. The van der Waals surface area contributed by atoms with Gasteiger partial charge < -0.3 is 4.57 Å². The van der Waals surface area contributed by atoms with E-state index >= 15 is 0 Å². The molecule has 5 heteroatoms. The molecular formula is C11H17BrN2O2. The number of rotatable bonds is 6. The van der Waals surface area contributed by atoms with Gasteiger partial charge in [0.05, 0.1) is 0 Å². The van der Waals surface area contributed by atoms with E-state index in [2.05, 4.69) is 27.8 Å². The Bertz CT molecular complexity index is 399. The predicted octanol–water partition coefficient (Wildman–Crippen LogP) is 1.66. The molecule has 0 amide bonds. The smallest absolute Gasteiger partial charge is 0.300 e. The number of alkyl halides is 1. The van der Waals surface area contributed by atoms with Gasteiger partial charge in [0.2, 0.25) is 0 Å². The quantitative estimate of drug-likeness (QED) is 0.810. The van der Waals surface area contributed by atoms with E-state index in [0.29, 0.717) is 12.1 Å². The minimum absolute atomic E-state index is 0.242. The second-order valence-electron chi connectivity index (χ2n) is 3.75. The first kappa shape index (κ1) is 13.2. The lowest BCUT2D eigenvalue weighted by molar-refractivity contribution is 0.625. The first-order valence-corrected chi connectivity index (χ1v) is 6.69. The number of aromatic nitrogens is 2. The summed E-state index contributed by atoms with van der Waals surface area (Å²) in [5.41, 5.74) is 0.149. The number of nitrogens with zero attached hydrogens (tertiary/aromatic N) is 1. The maximum absolute atomic E-state index is 11.5. The molecule has 16 heavy (non-hydrogen) atoms. The molecule has 0 bridgehead atoms. The van der Waals surface area contributed by atoms with Gasteiger partial charge in [-0.15, -0.1) is 0 Å². The fourth-order valence-electron chi connectivity index (χ4n) is 1.50. The number of halogens is 1. The number of aromatic amines is 1. The van der Waals surface area contributed by atoms with Crippen LogP contribution in [-0.4, -0.2) is 14.9 Å². The molecule has 0 atom stereocenters. The summed E-state index contributed by atoms with van der Waals surface area (Å²) in [4.78, 5) is 25.3. The van der Waals surface area contributed by atoms with E-state index in [9.17, 15) is 9.59 Å². The maximum atomic E-state index is 11.5. The van der Waals surface area contributed by atoms with E-state index in [-0.39, 0.29) is 11.2 Å². The molecular weight excluding hydrogens is 272 g/mol. The molecule has 1 aromatic heterocycles. The highest BCUT2D eigenvalue weighted by molar-refractivity contribution is 9.09. The molecule has 0 unspecified atom stereocenters. The molecule has 0 aliphatic heterocycles. The van der Waals surface area contributed by atoms with Crippen LogP contribution >= 0.6 is 15.9 Å². The van der Waals surface area contributed by atoms with Crippen LogP contribution in [0.25, 0.3) is 0 Å². The molecule has 0 radical (unpaired) electrons. The van der Waals surface area contributed by atoms with Crippen LogP contribution in [0, 0.1) is 0 Å². The molecule has 0 saturated heterocycles. The summed E-state index contributed by atoms with van der Waals surface area (Å²) in [5, 5.41) is 0.850. The summed E-state index contributed by atoms with van der Waals surface area (Å²) < 4.78 is 1.58. The molecule has 0 spiro atoms. The SMILES string of the molecule is CCCCc1cn(CCCBr)c(=O)[nH]c1=O. The van der Waals surface area contributed by atoms with Crippen LogP contribution in [0.2, 0.25) is 0 Å². The van der Waals surface area contributed by atoms with Gasteiger partial charge in [0.15, 0.2) is 0 Å². The van der Waals surface area contributed by atoms with E-state index in [1.165, 1.54) is 0 Å². The normalized spacial score (nSPS) is 10.6. The van der Waals surface area contributed by atoms with Gasteiger partial charge in [-0.1, -0.05) is 29.3 Å². The predicted molar refractivity (Wildman–Crippen MR) is 68.3 cm³/mol. The lowest BCUT2D eigenvalue weighted by Gasteiger charge is -2.06. The van der Waals surface area contributed by atoms with Crippen molar-refractivity contribution in [3.8, 4) is 0 Å². The Morgan fingerprint density at radius 1 is 1.38 bits per heavy atom. The summed E-state index contributed by atoms with van der Waals surface area (Å²) in [6, 6.07) is 0. The van der Waals surface area contributed by atoms with E-state index < -0.39 is 0 Å². The zero-order chi connectivity index (χ0) is 12.0. The summed E-state index contributed by atoms with van der Waals surface area (Å²) in [6.07, 6.45) is 5.32. The number of hydrogen-bond donors (Lipinski definition) is 1. The average Bonchev–Trinajstić information content (AvgIpc) is 2.26. The molecule has 4 nitrogen and oxygen atoms in total. The van der Waals surface area contributed by atoms with Crippen LogP contribution in [0.3, 0.4) is 0 Å². The van der Waals surface area contributed by atoms with Gasteiger partial charge in [-0.2, -0.15) is 0 Å². The molecule has 0 fully saturated rings. The van der Waals surface area contributed by atoms with Crippen molar-refractivity contribution in [1.82, 2.24) is 9.55 Å². The Labute approximate surface area is 103 Å². The number of H-pyrrole nitrogens is 1. The van der Waals surface area contributed by atoms with Gasteiger partial charge in [-0.25, -0.2) is 4.79 Å². The molecule has 1 aromatic rings. The molecule has 0 saturated carbocycles. The second-order valence-corrected chi connectivity index (χ2v) is 4.55. The van der Waals surface area contributed by atoms with E-state index in [0.717, 1.165) is 31.0 Å². The van der Waals surface area contributed by atoms with Crippen molar-refractivity contribution in [3.63, 3.8) is 0 Å². The van der Waals surface area contributed by atoms with Crippen molar-refractivity contribution in [1.29, 1.82) is 0 Å². The molecule has 0 aliphatic rings. The minimum Gasteiger partial charge on any atom is -0.300 e. The van der Waals surface area contributed by atoms with Crippen LogP contribution in [-0.2, 0) is 13.0 Å². The van der Waals surface area contributed by atoms with Crippen LogP contribution in [0.4, 0.5) is 0 Å². The first-order valence-electron chi connectivity index (χ1n) is 5.57. The Morgan fingerprint density at radius 2 is 2.12 bits per heavy atom. The fourth-order valence-corrected chi connectivity index (χ4v) is 1.75. The third-order valence-electron chi connectivity index (χ3n) is 2.42. The van der Waals surface area contributed by atoms with E-state index in [1.54, 1.807) is 10.8 Å². The highest BCUT2D eigenvalue weighted by Gasteiger charge is 2.03. The van der Waals surface area contributed by atoms with Gasteiger partial charge in [-0.05, 0) is 19.3 Å². The molecule has 0 aromatic carbocycles. The molecule has 90 valence electrons. The summed E-state index contributed by atoms with van der Waals surface area (Å²) in [7, 11) is 0. The van der Waals surface area contributed by atoms with Crippen LogP contribution in [0.15, 0.2) is 15.8 Å². The molecule has 1 rings (SSSR count). The zero-order valence-corrected chi connectivity index (χ0v) is 11.0. The van der Waals surface area contributed by atoms with Crippen molar-refractivity contribution in [2.24, 2.45) is 0 Å². The monoisotopic (exact) mass is 288 g/mol. The van der Waals surface area contributed by atoms with Gasteiger partial charge in [0.1, 0.15) is 0 Å².